The van der Waals surface area contributed by atoms with Crippen LogP contribution in [0.3, 0.4) is 0 Å². The molecule has 1 aromatic heterocycles. The van der Waals surface area contributed by atoms with Gasteiger partial charge in [0.2, 0.25) is 0 Å². The number of urea groups is 1. The molecule has 0 saturated carbocycles. The number of ether oxygens (including phenoxy) is 1. The van der Waals surface area contributed by atoms with Gasteiger partial charge in [-0.2, -0.15) is 0 Å². The van der Waals surface area contributed by atoms with Gasteiger partial charge in [-0.15, -0.1) is 11.3 Å². The van der Waals surface area contributed by atoms with Gasteiger partial charge in [0.1, 0.15) is 11.5 Å². The molecule has 0 radical (unpaired) electrons. The van der Waals surface area contributed by atoms with E-state index < -0.39 is 18.0 Å². The maximum Gasteiger partial charge on any atom is 0.338 e. The number of nitrogens with one attached hydrogen (secondary N) is 1. The van der Waals surface area contributed by atoms with Crippen LogP contribution in [0.4, 0.5) is 9.80 Å². The molecule has 0 aromatic carbocycles. The number of hydrogen-bond donors (Lipinski definition) is 2. The van der Waals surface area contributed by atoms with Crippen LogP contribution in [-0.2, 0) is 9.53 Å². The molecule has 0 aliphatic carbocycles. The quantitative estimate of drug-likeness (QED) is 0.785. The van der Waals surface area contributed by atoms with E-state index in [1.54, 1.807) is 26.2 Å². The Hall–Kier alpha value is -2.09. The fourth-order valence-electron chi connectivity index (χ4n) is 1.58. The molecule has 0 aliphatic rings. The molecule has 116 valence electrons. The van der Waals surface area contributed by atoms with Crippen LogP contribution in [0.2, 0.25) is 0 Å². The van der Waals surface area contributed by atoms with E-state index in [4.69, 9.17) is 9.84 Å². The molecule has 0 spiro atoms. The minimum atomic E-state index is -1.12. The summed E-state index contributed by atoms with van der Waals surface area (Å²) in [6.45, 7) is 5.24. The maximum absolute atomic E-state index is 12.2. The fourth-order valence-corrected chi connectivity index (χ4v) is 2.35. The van der Waals surface area contributed by atoms with Crippen molar-refractivity contribution >= 4 is 34.3 Å². The minimum Gasteiger partial charge on any atom is -0.478 e. The molecule has 0 unspecified atom stereocenters. The lowest BCUT2D eigenvalue weighted by Gasteiger charge is -2.25. The van der Waals surface area contributed by atoms with E-state index in [2.05, 4.69) is 5.32 Å². The predicted molar refractivity (Wildman–Crippen MR) is 78.8 cm³/mol. The molecule has 8 heteroatoms. The first-order valence-electron chi connectivity index (χ1n) is 6.40. The molecule has 7 nitrogen and oxygen atoms in total. The van der Waals surface area contributed by atoms with Gasteiger partial charge in [-0.3, -0.25) is 10.1 Å². The SMILES string of the molecule is CCOC(=O)CN(C(=O)Nc1sccc1C(=O)O)C(C)C. The lowest BCUT2D eigenvalue weighted by molar-refractivity contribution is -0.144. The number of aromatic carboxylic acids is 1. The summed E-state index contributed by atoms with van der Waals surface area (Å²) >= 11 is 1.11. The Morgan fingerprint density at radius 2 is 2.10 bits per heavy atom. The summed E-state index contributed by atoms with van der Waals surface area (Å²) in [6, 6.07) is 0.638. The Kier molecular flexibility index (Phi) is 6.16. The Bertz CT molecular complexity index is 526. The molecule has 2 N–H and O–H groups in total. The number of carbonyl (C=O) groups is 3. The van der Waals surface area contributed by atoms with Crippen molar-refractivity contribution in [3.63, 3.8) is 0 Å². The normalized spacial score (nSPS) is 10.3. The van der Waals surface area contributed by atoms with Crippen LogP contribution in [0.25, 0.3) is 0 Å². The number of anilines is 1. The summed E-state index contributed by atoms with van der Waals surface area (Å²) in [7, 11) is 0. The molecule has 0 bridgehead atoms. The highest BCUT2D eigenvalue weighted by atomic mass is 32.1. The first-order chi connectivity index (χ1) is 9.86. The molecule has 2 amide bonds. The van der Waals surface area contributed by atoms with E-state index in [1.807, 2.05) is 0 Å². The van der Waals surface area contributed by atoms with Crippen molar-refractivity contribution in [1.82, 2.24) is 4.90 Å². The number of carboxylic acid groups (broad SMARTS) is 1. The van der Waals surface area contributed by atoms with Crippen LogP contribution in [0, 0.1) is 0 Å². The first-order valence-corrected chi connectivity index (χ1v) is 7.28. The molecule has 1 heterocycles. The number of hydrogen-bond acceptors (Lipinski definition) is 5. The highest BCUT2D eigenvalue weighted by Gasteiger charge is 2.23. The van der Waals surface area contributed by atoms with E-state index in [1.165, 1.54) is 11.0 Å². The number of thiophene rings is 1. The second kappa shape index (κ2) is 7.63. The third-order valence-corrected chi connectivity index (χ3v) is 3.43. The zero-order valence-electron chi connectivity index (χ0n) is 12.1. The first kappa shape index (κ1) is 17.0. The van der Waals surface area contributed by atoms with Crippen LogP contribution in [-0.4, -0.2) is 47.2 Å². The van der Waals surface area contributed by atoms with E-state index in [-0.39, 0.29) is 29.8 Å². The van der Waals surface area contributed by atoms with Crippen molar-refractivity contribution in [2.75, 3.05) is 18.5 Å². The smallest absolute Gasteiger partial charge is 0.338 e. The second-order valence-electron chi connectivity index (χ2n) is 4.43. The summed E-state index contributed by atoms with van der Waals surface area (Å²) in [5, 5.41) is 13.3. The van der Waals surface area contributed by atoms with Crippen LogP contribution < -0.4 is 5.32 Å². The zero-order valence-corrected chi connectivity index (χ0v) is 12.9. The molecule has 1 aromatic rings. The number of nitrogens with zero attached hydrogens (tertiary/aromatic N) is 1. The lowest BCUT2D eigenvalue weighted by atomic mass is 10.3. The number of carboxylic acids is 1. The van der Waals surface area contributed by atoms with E-state index in [0.29, 0.717) is 0 Å². The van der Waals surface area contributed by atoms with Gasteiger partial charge in [-0.1, -0.05) is 0 Å². The van der Waals surface area contributed by atoms with Crippen molar-refractivity contribution in [2.45, 2.75) is 26.8 Å². The monoisotopic (exact) mass is 314 g/mol. The average Bonchev–Trinajstić information content (AvgIpc) is 2.84. The summed E-state index contributed by atoms with van der Waals surface area (Å²) in [5.74, 6) is -1.63. The van der Waals surface area contributed by atoms with Gasteiger partial charge in [0.15, 0.2) is 0 Å². The van der Waals surface area contributed by atoms with Gasteiger partial charge in [-0.05, 0) is 32.2 Å². The molecule has 0 aliphatic heterocycles. The van der Waals surface area contributed by atoms with Crippen molar-refractivity contribution in [3.8, 4) is 0 Å². The summed E-state index contributed by atoms with van der Waals surface area (Å²) < 4.78 is 4.82. The van der Waals surface area contributed by atoms with E-state index in [0.717, 1.165) is 11.3 Å². The minimum absolute atomic E-state index is 0.0215. The van der Waals surface area contributed by atoms with Crippen molar-refractivity contribution < 1.29 is 24.2 Å². The zero-order chi connectivity index (χ0) is 16.0. The highest BCUT2D eigenvalue weighted by molar-refractivity contribution is 7.14. The summed E-state index contributed by atoms with van der Waals surface area (Å²) in [5.41, 5.74) is 0.0215. The van der Waals surface area contributed by atoms with Crippen molar-refractivity contribution in [2.24, 2.45) is 0 Å². The third-order valence-electron chi connectivity index (χ3n) is 2.61. The van der Waals surface area contributed by atoms with Gasteiger partial charge in [0.25, 0.3) is 0 Å². The molecule has 0 saturated heterocycles. The topological polar surface area (TPSA) is 95.9 Å². The van der Waals surface area contributed by atoms with Crippen LogP contribution in [0.1, 0.15) is 31.1 Å². The maximum atomic E-state index is 12.2. The number of carbonyl (C=O) groups excluding carboxylic acids is 2. The van der Waals surface area contributed by atoms with E-state index >= 15 is 0 Å². The van der Waals surface area contributed by atoms with E-state index in [9.17, 15) is 14.4 Å². The van der Waals surface area contributed by atoms with Gasteiger partial charge in [-0.25, -0.2) is 9.59 Å². The molecular formula is C13H18N2O5S. The van der Waals surface area contributed by atoms with Crippen LogP contribution in [0.5, 0.6) is 0 Å². The van der Waals surface area contributed by atoms with Gasteiger partial charge in [0.05, 0.1) is 12.2 Å². The average molecular weight is 314 g/mol. The van der Waals surface area contributed by atoms with Gasteiger partial charge < -0.3 is 14.7 Å². The molecule has 0 fully saturated rings. The Labute approximate surface area is 126 Å². The van der Waals surface area contributed by atoms with Crippen LogP contribution >= 0.6 is 11.3 Å². The van der Waals surface area contributed by atoms with Crippen LogP contribution in [0.15, 0.2) is 11.4 Å². The van der Waals surface area contributed by atoms with Gasteiger partial charge in [0, 0.05) is 6.04 Å². The predicted octanol–water partition coefficient (Wildman–Crippen LogP) is 2.25. The highest BCUT2D eigenvalue weighted by Crippen LogP contribution is 2.23. The Morgan fingerprint density at radius 3 is 2.62 bits per heavy atom. The Balaban J connectivity index is 2.80. The van der Waals surface area contributed by atoms with Crippen molar-refractivity contribution in [1.29, 1.82) is 0 Å². The third kappa shape index (κ3) is 4.75. The number of amides is 2. The molecule has 21 heavy (non-hydrogen) atoms. The fraction of sp³-hybridized carbons (Fsp3) is 0.462. The largest absolute Gasteiger partial charge is 0.478 e. The molecular weight excluding hydrogens is 296 g/mol. The second-order valence-corrected chi connectivity index (χ2v) is 5.34. The van der Waals surface area contributed by atoms with Crippen molar-refractivity contribution in [3.05, 3.63) is 17.0 Å². The lowest BCUT2D eigenvalue weighted by Crippen LogP contribution is -2.43. The number of esters is 1. The summed E-state index contributed by atoms with van der Waals surface area (Å²) in [4.78, 5) is 36.0. The summed E-state index contributed by atoms with van der Waals surface area (Å²) in [6.07, 6.45) is 0. The van der Waals surface area contributed by atoms with Gasteiger partial charge >= 0.3 is 18.0 Å². The molecule has 0 atom stereocenters. The standard InChI is InChI=1S/C13H18N2O5S/c1-4-20-10(16)7-15(8(2)3)13(19)14-11-9(12(17)18)5-6-21-11/h5-6,8H,4,7H2,1-3H3,(H,14,19)(H,17,18). The Morgan fingerprint density at radius 1 is 1.43 bits per heavy atom. The number of rotatable bonds is 6. The molecule has 1 rings (SSSR count).